The average molecular weight is 240 g/mol. The quantitative estimate of drug-likeness (QED) is 0.817. The van der Waals surface area contributed by atoms with E-state index in [1.807, 2.05) is 0 Å². The Morgan fingerprint density at radius 1 is 1.06 bits per heavy atom. The van der Waals surface area contributed by atoms with Crippen molar-refractivity contribution in [2.24, 2.45) is 11.7 Å². The van der Waals surface area contributed by atoms with E-state index in [-0.39, 0.29) is 0 Å². The van der Waals surface area contributed by atoms with Crippen LogP contribution in [-0.2, 0) is 4.74 Å². The Labute approximate surface area is 106 Å². The van der Waals surface area contributed by atoms with E-state index in [1.54, 1.807) is 0 Å². The van der Waals surface area contributed by atoms with Crippen LogP contribution in [0.25, 0.3) is 0 Å². The summed E-state index contributed by atoms with van der Waals surface area (Å²) in [6, 6.07) is 0.429. The van der Waals surface area contributed by atoms with Crippen molar-refractivity contribution < 1.29 is 4.74 Å². The lowest BCUT2D eigenvalue weighted by atomic mass is 9.85. The van der Waals surface area contributed by atoms with Gasteiger partial charge in [0.25, 0.3) is 0 Å². The molecule has 3 unspecified atom stereocenters. The molecule has 0 aromatic rings. The first-order chi connectivity index (χ1) is 8.25. The molecule has 0 radical (unpaired) electrons. The van der Waals surface area contributed by atoms with Crippen molar-refractivity contribution in [1.82, 2.24) is 4.90 Å². The summed E-state index contributed by atoms with van der Waals surface area (Å²) in [6.07, 6.45) is 9.51. The number of ether oxygens (including phenoxy) is 1. The molecule has 1 saturated carbocycles. The average Bonchev–Trinajstić information content (AvgIpc) is 2.33. The molecule has 1 heterocycles. The second-order valence-corrected chi connectivity index (χ2v) is 5.92. The highest BCUT2D eigenvalue weighted by Crippen LogP contribution is 2.24. The molecule has 0 aromatic heterocycles. The molecule has 100 valence electrons. The molecule has 2 aliphatic rings. The monoisotopic (exact) mass is 240 g/mol. The van der Waals surface area contributed by atoms with Gasteiger partial charge in [-0.1, -0.05) is 12.8 Å². The largest absolute Gasteiger partial charge is 0.377 e. The van der Waals surface area contributed by atoms with Crippen LogP contribution in [0, 0.1) is 5.92 Å². The van der Waals surface area contributed by atoms with Gasteiger partial charge in [-0.25, -0.2) is 0 Å². The molecule has 3 nitrogen and oxygen atoms in total. The highest BCUT2D eigenvalue weighted by Gasteiger charge is 2.24. The Hall–Kier alpha value is -0.120. The maximum Gasteiger partial charge on any atom is 0.0701 e. The third kappa shape index (κ3) is 4.23. The lowest BCUT2D eigenvalue weighted by Crippen LogP contribution is -2.42. The summed E-state index contributed by atoms with van der Waals surface area (Å²) >= 11 is 0. The SMILES string of the molecule is CN(CC1CCCCO1)CC1CCCCC1N. The molecule has 2 rings (SSSR count). The van der Waals surface area contributed by atoms with Gasteiger partial charge in [-0.3, -0.25) is 0 Å². The van der Waals surface area contributed by atoms with Gasteiger partial charge in [-0.15, -0.1) is 0 Å². The first kappa shape index (κ1) is 13.3. The van der Waals surface area contributed by atoms with Crippen LogP contribution in [0.3, 0.4) is 0 Å². The Morgan fingerprint density at radius 2 is 1.82 bits per heavy atom. The topological polar surface area (TPSA) is 38.5 Å². The molecular formula is C14H28N2O. The van der Waals surface area contributed by atoms with E-state index in [1.165, 1.54) is 44.9 Å². The van der Waals surface area contributed by atoms with Gasteiger partial charge in [-0.05, 0) is 45.1 Å². The minimum absolute atomic E-state index is 0.429. The molecule has 0 aromatic carbocycles. The fourth-order valence-corrected chi connectivity index (χ4v) is 3.24. The maximum absolute atomic E-state index is 6.20. The molecule has 3 heteroatoms. The lowest BCUT2D eigenvalue weighted by Gasteiger charge is -2.34. The second-order valence-electron chi connectivity index (χ2n) is 5.92. The van der Waals surface area contributed by atoms with Crippen molar-refractivity contribution in [2.45, 2.75) is 57.1 Å². The predicted octanol–water partition coefficient (Wildman–Crippen LogP) is 2.00. The highest BCUT2D eigenvalue weighted by atomic mass is 16.5. The van der Waals surface area contributed by atoms with Crippen molar-refractivity contribution in [2.75, 3.05) is 26.7 Å². The summed E-state index contributed by atoms with van der Waals surface area (Å²) in [7, 11) is 2.22. The minimum atomic E-state index is 0.429. The second kappa shape index (κ2) is 6.72. The number of nitrogens with two attached hydrogens (primary N) is 1. The van der Waals surface area contributed by atoms with Crippen LogP contribution in [0.2, 0.25) is 0 Å². The van der Waals surface area contributed by atoms with E-state index in [9.17, 15) is 0 Å². The smallest absolute Gasteiger partial charge is 0.0701 e. The number of hydrogen-bond acceptors (Lipinski definition) is 3. The summed E-state index contributed by atoms with van der Waals surface area (Å²) in [4.78, 5) is 2.44. The predicted molar refractivity (Wildman–Crippen MR) is 71.0 cm³/mol. The lowest BCUT2D eigenvalue weighted by molar-refractivity contribution is -0.00470. The Bertz CT molecular complexity index is 216. The molecule has 1 saturated heterocycles. The van der Waals surface area contributed by atoms with Gasteiger partial charge < -0.3 is 15.4 Å². The molecule has 0 amide bonds. The zero-order chi connectivity index (χ0) is 12.1. The molecule has 2 N–H and O–H groups in total. The van der Waals surface area contributed by atoms with E-state index >= 15 is 0 Å². The fourth-order valence-electron chi connectivity index (χ4n) is 3.24. The number of rotatable bonds is 4. The van der Waals surface area contributed by atoms with Gasteiger partial charge >= 0.3 is 0 Å². The molecule has 17 heavy (non-hydrogen) atoms. The van der Waals surface area contributed by atoms with Gasteiger partial charge in [0, 0.05) is 25.7 Å². The molecule has 0 spiro atoms. The molecule has 1 aliphatic carbocycles. The van der Waals surface area contributed by atoms with E-state index in [2.05, 4.69) is 11.9 Å². The normalized spacial score (nSPS) is 35.1. The Kier molecular flexibility index (Phi) is 5.26. The van der Waals surface area contributed by atoms with E-state index in [4.69, 9.17) is 10.5 Å². The molecular weight excluding hydrogens is 212 g/mol. The fraction of sp³-hybridized carbons (Fsp3) is 1.00. The van der Waals surface area contributed by atoms with Gasteiger partial charge in [0.1, 0.15) is 0 Å². The van der Waals surface area contributed by atoms with E-state index in [0.717, 1.165) is 19.7 Å². The summed E-state index contributed by atoms with van der Waals surface area (Å²) < 4.78 is 5.79. The third-order valence-corrected chi connectivity index (χ3v) is 4.30. The zero-order valence-electron chi connectivity index (χ0n) is 11.2. The van der Waals surface area contributed by atoms with Crippen LogP contribution in [0.15, 0.2) is 0 Å². The summed E-state index contributed by atoms with van der Waals surface area (Å²) in [5, 5.41) is 0. The van der Waals surface area contributed by atoms with Gasteiger partial charge in [0.15, 0.2) is 0 Å². The van der Waals surface area contributed by atoms with Crippen molar-refractivity contribution in [3.63, 3.8) is 0 Å². The Morgan fingerprint density at radius 3 is 2.53 bits per heavy atom. The van der Waals surface area contributed by atoms with Crippen LogP contribution in [0.4, 0.5) is 0 Å². The molecule has 3 atom stereocenters. The highest BCUT2D eigenvalue weighted by molar-refractivity contribution is 4.80. The number of nitrogens with zero attached hydrogens (tertiary/aromatic N) is 1. The molecule has 0 bridgehead atoms. The first-order valence-corrected chi connectivity index (χ1v) is 7.31. The van der Waals surface area contributed by atoms with Crippen LogP contribution >= 0.6 is 0 Å². The molecule has 1 aliphatic heterocycles. The maximum atomic E-state index is 6.20. The summed E-state index contributed by atoms with van der Waals surface area (Å²) in [5.41, 5.74) is 6.20. The third-order valence-electron chi connectivity index (χ3n) is 4.30. The summed E-state index contributed by atoms with van der Waals surface area (Å²) in [5.74, 6) is 0.706. The Balaban J connectivity index is 1.70. The van der Waals surface area contributed by atoms with Crippen LogP contribution < -0.4 is 5.73 Å². The van der Waals surface area contributed by atoms with E-state index in [0.29, 0.717) is 18.1 Å². The summed E-state index contributed by atoms with van der Waals surface area (Å²) in [6.45, 7) is 3.20. The van der Waals surface area contributed by atoms with Crippen molar-refractivity contribution >= 4 is 0 Å². The van der Waals surface area contributed by atoms with Gasteiger partial charge in [0.05, 0.1) is 6.10 Å². The van der Waals surface area contributed by atoms with Crippen LogP contribution in [-0.4, -0.2) is 43.8 Å². The van der Waals surface area contributed by atoms with E-state index < -0.39 is 0 Å². The van der Waals surface area contributed by atoms with Gasteiger partial charge in [-0.2, -0.15) is 0 Å². The molecule has 2 fully saturated rings. The van der Waals surface area contributed by atoms with Crippen LogP contribution in [0.5, 0.6) is 0 Å². The zero-order valence-corrected chi connectivity index (χ0v) is 11.2. The van der Waals surface area contributed by atoms with Crippen molar-refractivity contribution in [3.8, 4) is 0 Å². The van der Waals surface area contributed by atoms with Gasteiger partial charge in [0.2, 0.25) is 0 Å². The standard InChI is InChI=1S/C14H28N2O/c1-16(11-13-7-4-5-9-17-13)10-12-6-2-3-8-14(12)15/h12-14H,2-11,15H2,1H3. The number of hydrogen-bond donors (Lipinski definition) is 1. The van der Waals surface area contributed by atoms with Crippen molar-refractivity contribution in [3.05, 3.63) is 0 Å². The van der Waals surface area contributed by atoms with Crippen molar-refractivity contribution in [1.29, 1.82) is 0 Å². The van der Waals surface area contributed by atoms with Crippen LogP contribution in [0.1, 0.15) is 44.9 Å². The number of likely N-dealkylation sites (N-methyl/N-ethyl adjacent to an activating group) is 1. The first-order valence-electron chi connectivity index (χ1n) is 7.31. The minimum Gasteiger partial charge on any atom is -0.377 e.